The van der Waals surface area contributed by atoms with Gasteiger partial charge in [0.15, 0.2) is 0 Å². The van der Waals surface area contributed by atoms with Gasteiger partial charge >= 0.3 is 10.2 Å². The van der Waals surface area contributed by atoms with Gasteiger partial charge in [-0.15, -0.1) is 6.58 Å². The molecule has 2 aliphatic heterocycles. The molecule has 7 fully saturated rings. The summed E-state index contributed by atoms with van der Waals surface area (Å²) in [5.41, 5.74) is -2.82. The molecule has 0 aromatic carbocycles. The van der Waals surface area contributed by atoms with E-state index in [-0.39, 0.29) is 65.4 Å². The SMILES string of the molecule is C=C[C@@H]1C[C@]1(NC(=O)[C@@H]1C[C@@]2(CN1C(=O)[C@@H](NC(=O)[C@@H](NC(=O)[C@@H]1CCCCN1C1CCCC1)C1CCCCC1)C(C)(C)C)C(C)(C)C21CCC1)C(=O)NS(=O)(=O)N(CC)CC. The van der Waals surface area contributed by atoms with Crippen molar-refractivity contribution in [2.45, 2.75) is 193 Å². The van der Waals surface area contributed by atoms with E-state index in [0.717, 1.165) is 94.3 Å². The molecular formula is C47H77N7O7S. The molecule has 2 spiro atoms. The van der Waals surface area contributed by atoms with E-state index in [1.807, 2.05) is 20.8 Å². The largest absolute Gasteiger partial charge is 0.343 e. The maximum atomic E-state index is 15.4. The molecule has 0 radical (unpaired) electrons. The molecule has 0 aromatic heterocycles. The van der Waals surface area contributed by atoms with Crippen LogP contribution in [0.4, 0.5) is 0 Å². The molecule has 2 heterocycles. The molecule has 2 saturated heterocycles. The lowest BCUT2D eigenvalue weighted by Gasteiger charge is -2.41. The first-order chi connectivity index (χ1) is 29.2. The topological polar surface area (TPSA) is 177 Å². The fourth-order valence-corrected chi connectivity index (χ4v) is 14.5. The average Bonchev–Trinajstić information content (AvgIpc) is 3.68. The Labute approximate surface area is 371 Å². The molecule has 0 unspecified atom stereocenters. The molecule has 4 N–H and O–H groups in total. The van der Waals surface area contributed by atoms with Crippen LogP contribution >= 0.6 is 0 Å². The zero-order valence-corrected chi connectivity index (χ0v) is 39.6. The van der Waals surface area contributed by atoms with Crippen LogP contribution in [0.2, 0.25) is 0 Å². The third-order valence-corrected chi connectivity index (χ3v) is 19.1. The van der Waals surface area contributed by atoms with Crippen LogP contribution in [-0.4, -0.2) is 114 Å². The van der Waals surface area contributed by atoms with E-state index in [9.17, 15) is 27.6 Å². The first-order valence-electron chi connectivity index (χ1n) is 24.2. The van der Waals surface area contributed by atoms with Crippen LogP contribution in [-0.2, 0) is 34.2 Å². The van der Waals surface area contributed by atoms with E-state index >= 15 is 4.79 Å². The zero-order chi connectivity index (χ0) is 45.0. The smallest absolute Gasteiger partial charge is 0.303 e. The highest BCUT2D eigenvalue weighted by atomic mass is 32.2. The number of likely N-dealkylation sites (tertiary alicyclic amines) is 2. The fourth-order valence-electron chi connectivity index (χ4n) is 13.3. The molecule has 62 heavy (non-hydrogen) atoms. The summed E-state index contributed by atoms with van der Waals surface area (Å²) in [5, 5.41) is 9.42. The lowest BCUT2D eigenvalue weighted by molar-refractivity contribution is -0.145. The highest BCUT2D eigenvalue weighted by Gasteiger charge is 2.85. The van der Waals surface area contributed by atoms with Gasteiger partial charge < -0.3 is 20.9 Å². The van der Waals surface area contributed by atoms with Crippen molar-refractivity contribution in [1.29, 1.82) is 0 Å². The summed E-state index contributed by atoms with van der Waals surface area (Å²) in [7, 11) is -4.17. The van der Waals surface area contributed by atoms with E-state index in [2.05, 4.69) is 46.0 Å². The maximum Gasteiger partial charge on any atom is 0.303 e. The molecular weight excluding hydrogens is 807 g/mol. The summed E-state index contributed by atoms with van der Waals surface area (Å²) in [6.07, 6.45) is 17.3. The molecule has 7 aliphatic rings. The number of nitrogens with one attached hydrogen (secondary N) is 4. The second kappa shape index (κ2) is 17.4. The van der Waals surface area contributed by atoms with E-state index in [1.165, 1.54) is 12.8 Å². The summed E-state index contributed by atoms with van der Waals surface area (Å²) in [6.45, 7) is 19.0. The minimum atomic E-state index is -4.17. The zero-order valence-electron chi connectivity index (χ0n) is 38.8. The Morgan fingerprint density at radius 1 is 0.806 bits per heavy atom. The predicted octanol–water partition coefficient (Wildman–Crippen LogP) is 4.94. The van der Waals surface area contributed by atoms with Crippen LogP contribution in [0.25, 0.3) is 0 Å². The van der Waals surface area contributed by atoms with Gasteiger partial charge in [-0.3, -0.25) is 28.9 Å². The summed E-state index contributed by atoms with van der Waals surface area (Å²) in [6, 6.07) is -2.66. The van der Waals surface area contributed by atoms with Gasteiger partial charge in [0, 0.05) is 37.0 Å². The van der Waals surface area contributed by atoms with Crippen LogP contribution in [0.15, 0.2) is 12.7 Å². The van der Waals surface area contributed by atoms with Crippen molar-refractivity contribution in [3.05, 3.63) is 12.7 Å². The number of hydrogen-bond acceptors (Lipinski definition) is 8. The Bertz CT molecular complexity index is 1860. The minimum absolute atomic E-state index is 0.0218. The Kier molecular flexibility index (Phi) is 13.2. The number of carbonyl (C=O) groups is 5. The van der Waals surface area contributed by atoms with E-state index in [4.69, 9.17) is 0 Å². The first-order valence-corrected chi connectivity index (χ1v) is 25.6. The standard InChI is InChI=1S/C47H77N7O7S/c1-9-32-28-47(32,42(59)51-62(60,61)52(10-2)11-3)50-39(56)35-29-46(44(7,8)45(46)25-19-26-45)30-54(35)41(58)37(43(4,5)6)49-40(57)36(31-20-13-12-14-21-31)48-38(55)34-24-17-18-27-53(34)33-22-15-16-23-33/h9,31-37H,1,10-30H2,2-8H3,(H,48,55)(H,49,57)(H,50,56)(H,51,59)/t32-,34+,35+,36+,37-,46-,47-/m1/s1. The maximum absolute atomic E-state index is 15.4. The summed E-state index contributed by atoms with van der Waals surface area (Å²) < 4.78 is 29.7. The van der Waals surface area contributed by atoms with E-state index in [1.54, 1.807) is 24.8 Å². The number of rotatable bonds is 15. The highest BCUT2D eigenvalue weighted by molar-refractivity contribution is 7.87. The van der Waals surface area contributed by atoms with Crippen LogP contribution in [0, 0.1) is 33.5 Å². The van der Waals surface area contributed by atoms with E-state index < -0.39 is 57.0 Å². The molecule has 5 saturated carbocycles. The van der Waals surface area contributed by atoms with Crippen molar-refractivity contribution in [3.8, 4) is 0 Å². The van der Waals surface area contributed by atoms with Crippen LogP contribution in [0.1, 0.15) is 158 Å². The Hall–Kier alpha value is -3.04. The summed E-state index contributed by atoms with van der Waals surface area (Å²) in [5.74, 6) is -2.73. The third kappa shape index (κ3) is 8.04. The van der Waals surface area contributed by atoms with Gasteiger partial charge in [0.25, 0.3) is 5.91 Å². The molecule has 15 heteroatoms. The molecule has 14 nitrogen and oxygen atoms in total. The number of piperidine rings is 1. The van der Waals surface area contributed by atoms with Gasteiger partial charge in [0.2, 0.25) is 23.6 Å². The monoisotopic (exact) mass is 884 g/mol. The number of amides is 5. The quantitative estimate of drug-likeness (QED) is 0.167. The predicted molar refractivity (Wildman–Crippen MR) is 238 cm³/mol. The van der Waals surface area contributed by atoms with Gasteiger partial charge in [0.05, 0.1) is 6.04 Å². The van der Waals surface area contributed by atoms with Crippen molar-refractivity contribution >= 4 is 39.7 Å². The van der Waals surface area contributed by atoms with Crippen LogP contribution < -0.4 is 20.7 Å². The highest BCUT2D eigenvalue weighted by Crippen LogP contribution is 2.88. The second-order valence-electron chi connectivity index (χ2n) is 21.7. The molecule has 0 aromatic rings. The van der Waals surface area contributed by atoms with Crippen LogP contribution in [0.3, 0.4) is 0 Å². The number of hydrogen-bond donors (Lipinski definition) is 4. The third-order valence-electron chi connectivity index (χ3n) is 17.5. The fraction of sp³-hybridized carbons (Fsp3) is 0.851. The summed E-state index contributed by atoms with van der Waals surface area (Å²) >= 11 is 0. The van der Waals surface area contributed by atoms with E-state index in [0.29, 0.717) is 19.0 Å². The molecule has 348 valence electrons. The first kappa shape index (κ1) is 46.9. The lowest BCUT2D eigenvalue weighted by atomic mass is 9.73. The summed E-state index contributed by atoms with van der Waals surface area (Å²) in [4.78, 5) is 77.3. The molecule has 5 aliphatic carbocycles. The van der Waals surface area contributed by atoms with Gasteiger partial charge in [-0.05, 0) is 92.9 Å². The van der Waals surface area contributed by atoms with Crippen molar-refractivity contribution in [2.75, 3.05) is 26.2 Å². The second-order valence-corrected chi connectivity index (χ2v) is 23.4. The van der Waals surface area contributed by atoms with Crippen molar-refractivity contribution in [2.24, 2.45) is 33.5 Å². The van der Waals surface area contributed by atoms with Gasteiger partial charge in [-0.2, -0.15) is 12.7 Å². The van der Waals surface area contributed by atoms with Gasteiger partial charge in [-0.1, -0.05) is 99.5 Å². The number of nitrogens with zero attached hydrogens (tertiary/aromatic N) is 3. The normalized spacial score (nSPS) is 31.9. The molecule has 7 atom stereocenters. The van der Waals surface area contributed by atoms with Crippen molar-refractivity contribution < 1.29 is 32.4 Å². The average molecular weight is 884 g/mol. The van der Waals surface area contributed by atoms with Crippen molar-refractivity contribution in [3.63, 3.8) is 0 Å². The van der Waals surface area contributed by atoms with Crippen LogP contribution in [0.5, 0.6) is 0 Å². The Morgan fingerprint density at radius 3 is 1.98 bits per heavy atom. The molecule has 5 amide bonds. The van der Waals surface area contributed by atoms with Crippen molar-refractivity contribution in [1.82, 2.24) is 34.8 Å². The Morgan fingerprint density at radius 2 is 1.44 bits per heavy atom. The number of carbonyl (C=O) groups excluding carboxylic acids is 5. The minimum Gasteiger partial charge on any atom is -0.343 e. The molecule has 7 rings (SSSR count). The number of fused-ring (bicyclic) bond motifs is 1. The van der Waals surface area contributed by atoms with Gasteiger partial charge in [0.1, 0.15) is 23.7 Å². The molecule has 0 bridgehead atoms. The lowest BCUT2D eigenvalue weighted by Crippen LogP contribution is -2.63. The Balaban J connectivity index is 1.15. The van der Waals surface area contributed by atoms with Gasteiger partial charge in [-0.25, -0.2) is 4.72 Å².